The van der Waals surface area contributed by atoms with E-state index < -0.39 is 5.97 Å². The van der Waals surface area contributed by atoms with Crippen LogP contribution in [0.25, 0.3) is 0 Å². The van der Waals surface area contributed by atoms with Gasteiger partial charge in [0.2, 0.25) is 0 Å². The van der Waals surface area contributed by atoms with Crippen molar-refractivity contribution in [1.29, 1.82) is 0 Å². The molecule has 92 valence electrons. The number of carbonyl (C=O) groups excluding carboxylic acids is 1. The molecule has 1 aliphatic rings. The molecule has 1 unspecified atom stereocenters. The van der Waals surface area contributed by atoms with Gasteiger partial charge in [-0.1, -0.05) is 6.92 Å². The highest BCUT2D eigenvalue weighted by molar-refractivity contribution is 5.75. The standard InChI is InChI=1S/C11H20N2O3/c1-2-9-5-3-4-8-13(9)11(16)12-7-6-10(14)15/h9H,2-8H2,1H3,(H,12,16)(H,14,15). The van der Waals surface area contributed by atoms with Crippen LogP contribution in [-0.2, 0) is 4.79 Å². The van der Waals surface area contributed by atoms with E-state index in [9.17, 15) is 9.59 Å². The number of hydrogen-bond donors (Lipinski definition) is 2. The average molecular weight is 228 g/mol. The van der Waals surface area contributed by atoms with Gasteiger partial charge in [-0.3, -0.25) is 4.79 Å². The summed E-state index contributed by atoms with van der Waals surface area (Å²) in [5.74, 6) is -0.883. The summed E-state index contributed by atoms with van der Waals surface area (Å²) in [6, 6.07) is 0.200. The number of aliphatic carboxylic acids is 1. The van der Waals surface area contributed by atoms with Crippen molar-refractivity contribution >= 4 is 12.0 Å². The highest BCUT2D eigenvalue weighted by Crippen LogP contribution is 2.19. The maximum Gasteiger partial charge on any atom is 0.317 e. The Labute approximate surface area is 95.8 Å². The second kappa shape index (κ2) is 6.35. The van der Waals surface area contributed by atoms with Gasteiger partial charge in [-0.15, -0.1) is 0 Å². The lowest BCUT2D eigenvalue weighted by molar-refractivity contribution is -0.136. The number of likely N-dealkylation sites (tertiary alicyclic amines) is 1. The predicted molar refractivity (Wildman–Crippen MR) is 60.3 cm³/mol. The van der Waals surface area contributed by atoms with Crippen LogP contribution in [-0.4, -0.2) is 41.1 Å². The zero-order chi connectivity index (χ0) is 12.0. The molecule has 0 spiro atoms. The lowest BCUT2D eigenvalue weighted by Crippen LogP contribution is -2.48. The third-order valence-corrected chi connectivity index (χ3v) is 2.97. The first kappa shape index (κ1) is 12.8. The second-order valence-electron chi connectivity index (χ2n) is 4.13. The fourth-order valence-electron chi connectivity index (χ4n) is 2.07. The maximum absolute atomic E-state index is 11.8. The van der Waals surface area contributed by atoms with E-state index in [0.29, 0.717) is 6.04 Å². The Balaban J connectivity index is 2.35. The second-order valence-corrected chi connectivity index (χ2v) is 4.13. The normalized spacial score (nSPS) is 20.6. The molecule has 0 radical (unpaired) electrons. The fraction of sp³-hybridized carbons (Fsp3) is 0.818. The van der Waals surface area contributed by atoms with E-state index in [1.165, 1.54) is 6.42 Å². The molecule has 0 aromatic heterocycles. The summed E-state index contributed by atoms with van der Waals surface area (Å²) in [7, 11) is 0. The number of amides is 2. The quantitative estimate of drug-likeness (QED) is 0.764. The third kappa shape index (κ3) is 3.72. The topological polar surface area (TPSA) is 69.6 Å². The predicted octanol–water partition coefficient (Wildman–Crippen LogP) is 1.44. The highest BCUT2D eigenvalue weighted by atomic mass is 16.4. The smallest absolute Gasteiger partial charge is 0.317 e. The summed E-state index contributed by atoms with van der Waals surface area (Å²) in [5.41, 5.74) is 0. The van der Waals surface area contributed by atoms with Gasteiger partial charge in [0, 0.05) is 19.1 Å². The van der Waals surface area contributed by atoms with Gasteiger partial charge in [-0.25, -0.2) is 4.79 Å². The van der Waals surface area contributed by atoms with Crippen LogP contribution in [0.15, 0.2) is 0 Å². The summed E-state index contributed by atoms with van der Waals surface area (Å²) < 4.78 is 0. The van der Waals surface area contributed by atoms with Crippen molar-refractivity contribution in [3.05, 3.63) is 0 Å². The molecular weight excluding hydrogens is 208 g/mol. The Morgan fingerprint density at radius 1 is 1.44 bits per heavy atom. The average Bonchev–Trinajstić information content (AvgIpc) is 2.28. The van der Waals surface area contributed by atoms with Crippen LogP contribution >= 0.6 is 0 Å². The first-order valence-electron chi connectivity index (χ1n) is 5.91. The summed E-state index contributed by atoms with van der Waals surface area (Å²) in [4.78, 5) is 23.9. The molecule has 1 saturated heterocycles. The summed E-state index contributed by atoms with van der Waals surface area (Å²) >= 11 is 0. The minimum atomic E-state index is -0.883. The molecule has 0 bridgehead atoms. The molecule has 16 heavy (non-hydrogen) atoms. The lowest BCUT2D eigenvalue weighted by atomic mass is 10.0. The van der Waals surface area contributed by atoms with Crippen molar-refractivity contribution < 1.29 is 14.7 Å². The monoisotopic (exact) mass is 228 g/mol. The van der Waals surface area contributed by atoms with Gasteiger partial charge in [0.15, 0.2) is 0 Å². The number of carboxylic acids is 1. The van der Waals surface area contributed by atoms with E-state index in [2.05, 4.69) is 12.2 Å². The van der Waals surface area contributed by atoms with Crippen LogP contribution in [0, 0.1) is 0 Å². The molecule has 1 atom stereocenters. The number of nitrogens with zero attached hydrogens (tertiary/aromatic N) is 1. The van der Waals surface area contributed by atoms with Crippen LogP contribution < -0.4 is 5.32 Å². The number of hydrogen-bond acceptors (Lipinski definition) is 2. The Hall–Kier alpha value is -1.26. The summed E-state index contributed by atoms with van der Waals surface area (Å²) in [5, 5.41) is 11.1. The van der Waals surface area contributed by atoms with Crippen LogP contribution in [0.1, 0.15) is 39.0 Å². The molecular formula is C11H20N2O3. The van der Waals surface area contributed by atoms with E-state index >= 15 is 0 Å². The fourth-order valence-corrected chi connectivity index (χ4v) is 2.07. The van der Waals surface area contributed by atoms with Gasteiger partial charge >= 0.3 is 12.0 Å². The van der Waals surface area contributed by atoms with E-state index in [1.54, 1.807) is 0 Å². The first-order valence-corrected chi connectivity index (χ1v) is 5.91. The van der Waals surface area contributed by atoms with Crippen molar-refractivity contribution in [3.63, 3.8) is 0 Å². The van der Waals surface area contributed by atoms with Crippen molar-refractivity contribution in [3.8, 4) is 0 Å². The maximum atomic E-state index is 11.8. The Bertz CT molecular complexity index is 256. The van der Waals surface area contributed by atoms with Gasteiger partial charge in [0.25, 0.3) is 0 Å². The highest BCUT2D eigenvalue weighted by Gasteiger charge is 2.24. The molecule has 0 aromatic carbocycles. The van der Waals surface area contributed by atoms with Gasteiger partial charge in [0.05, 0.1) is 6.42 Å². The van der Waals surface area contributed by atoms with Gasteiger partial charge < -0.3 is 15.3 Å². The third-order valence-electron chi connectivity index (χ3n) is 2.97. The molecule has 2 amide bonds. The molecule has 2 N–H and O–H groups in total. The number of rotatable bonds is 4. The van der Waals surface area contributed by atoms with Gasteiger partial charge in [0.1, 0.15) is 0 Å². The molecule has 0 aromatic rings. The van der Waals surface area contributed by atoms with E-state index in [0.717, 1.165) is 25.8 Å². The summed E-state index contributed by atoms with van der Waals surface area (Å²) in [6.07, 6.45) is 4.23. The molecule has 1 aliphatic heterocycles. The lowest BCUT2D eigenvalue weighted by Gasteiger charge is -2.35. The number of urea groups is 1. The number of piperidine rings is 1. The number of carbonyl (C=O) groups is 2. The minimum absolute atomic E-state index is 0.0175. The largest absolute Gasteiger partial charge is 0.481 e. The molecule has 1 fully saturated rings. The SMILES string of the molecule is CCC1CCCCN1C(=O)NCCC(=O)O. The molecule has 5 heteroatoms. The van der Waals surface area contributed by atoms with Crippen LogP contribution in [0.5, 0.6) is 0 Å². The van der Waals surface area contributed by atoms with Gasteiger partial charge in [-0.05, 0) is 25.7 Å². The van der Waals surface area contributed by atoms with Crippen LogP contribution in [0.2, 0.25) is 0 Å². The van der Waals surface area contributed by atoms with Crippen molar-refractivity contribution in [2.75, 3.05) is 13.1 Å². The van der Waals surface area contributed by atoms with Crippen molar-refractivity contribution in [1.82, 2.24) is 10.2 Å². The Morgan fingerprint density at radius 3 is 2.81 bits per heavy atom. The Morgan fingerprint density at radius 2 is 2.19 bits per heavy atom. The van der Waals surface area contributed by atoms with Crippen LogP contribution in [0.3, 0.4) is 0 Å². The van der Waals surface area contributed by atoms with E-state index in [4.69, 9.17) is 5.11 Å². The van der Waals surface area contributed by atoms with E-state index in [-0.39, 0.29) is 19.0 Å². The van der Waals surface area contributed by atoms with E-state index in [1.807, 2.05) is 4.90 Å². The summed E-state index contributed by atoms with van der Waals surface area (Å²) in [6.45, 7) is 3.08. The zero-order valence-electron chi connectivity index (χ0n) is 9.74. The van der Waals surface area contributed by atoms with Crippen molar-refractivity contribution in [2.24, 2.45) is 0 Å². The zero-order valence-corrected chi connectivity index (χ0v) is 9.74. The minimum Gasteiger partial charge on any atom is -0.481 e. The molecule has 5 nitrogen and oxygen atoms in total. The number of nitrogens with one attached hydrogen (secondary N) is 1. The van der Waals surface area contributed by atoms with Crippen LogP contribution in [0.4, 0.5) is 4.79 Å². The molecule has 1 rings (SSSR count). The first-order chi connectivity index (χ1) is 7.65. The molecule has 0 aliphatic carbocycles. The molecule has 0 saturated carbocycles. The Kier molecular flexibility index (Phi) is 5.08. The van der Waals surface area contributed by atoms with Gasteiger partial charge in [-0.2, -0.15) is 0 Å². The van der Waals surface area contributed by atoms with Crippen molar-refractivity contribution in [2.45, 2.75) is 45.1 Å². The number of carboxylic acid groups (broad SMARTS) is 1. The molecule has 1 heterocycles.